The van der Waals surface area contributed by atoms with Crippen LogP contribution in [0.4, 0.5) is 28.4 Å². The number of rotatable bonds is 7. The molecule has 376 valence electrons. The van der Waals surface area contributed by atoms with Gasteiger partial charge in [-0.1, -0.05) is 158 Å². The van der Waals surface area contributed by atoms with Crippen LogP contribution < -0.4 is 10.2 Å². The molecule has 79 heavy (non-hydrogen) atoms. The van der Waals surface area contributed by atoms with Crippen molar-refractivity contribution in [3.8, 4) is 11.4 Å². The highest BCUT2D eigenvalue weighted by atomic mass is 127. The van der Waals surface area contributed by atoms with E-state index in [4.69, 9.17) is 8.83 Å². The quantitative estimate of drug-likeness (QED) is 0.162. The van der Waals surface area contributed by atoms with Gasteiger partial charge in [0.1, 0.15) is 22.3 Å². The van der Waals surface area contributed by atoms with E-state index in [1.54, 1.807) is 0 Å². The zero-order valence-electron chi connectivity index (χ0n) is 42.7. The normalized spacial score (nSPS) is 11.4. The Morgan fingerprint density at radius 1 is 0.316 bits per heavy atom. The second-order valence-electron chi connectivity index (χ2n) is 19.4. The molecule has 0 atom stereocenters. The molecule has 0 radical (unpaired) electrons. The fraction of sp³-hybridized carbons (Fsp3) is 0. The number of nitrogens with one attached hydrogen (secondary N) is 1. The van der Waals surface area contributed by atoms with E-state index in [1.165, 1.54) is 52.9 Å². The summed E-state index contributed by atoms with van der Waals surface area (Å²) in [6, 6.07) is 101. The molecule has 0 aliphatic carbocycles. The lowest BCUT2D eigenvalue weighted by Gasteiger charge is -2.26. The third kappa shape index (κ3) is 8.80. The highest BCUT2D eigenvalue weighted by Gasteiger charge is 2.21. The molecule has 0 saturated heterocycles. The molecule has 4 aromatic heterocycles. The van der Waals surface area contributed by atoms with Gasteiger partial charge in [0.05, 0.1) is 44.2 Å². The Morgan fingerprint density at radius 2 is 0.759 bits per heavy atom. The minimum atomic E-state index is 0.886. The molecule has 0 aliphatic rings. The van der Waals surface area contributed by atoms with Crippen molar-refractivity contribution in [2.75, 3.05) is 10.2 Å². The Bertz CT molecular complexity index is 4830. The predicted octanol–water partition coefficient (Wildman–Crippen LogP) is 20.9. The summed E-state index contributed by atoms with van der Waals surface area (Å²) in [4.78, 5) is 2.35. The van der Waals surface area contributed by atoms with E-state index < -0.39 is 0 Å². The number of nitrogens with zero attached hydrogens (tertiary/aromatic N) is 3. The molecular weight excluding hydrogens is 1080 g/mol. The average Bonchev–Trinajstić information content (AvgIpc) is 4.31. The van der Waals surface area contributed by atoms with Crippen LogP contribution >= 0.6 is 22.6 Å². The summed E-state index contributed by atoms with van der Waals surface area (Å²) in [7, 11) is 0. The van der Waals surface area contributed by atoms with Crippen LogP contribution in [0.2, 0.25) is 0 Å². The second-order valence-corrected chi connectivity index (χ2v) is 20.7. The third-order valence-electron chi connectivity index (χ3n) is 14.7. The standard InChI is InChI=1S/C36H24N2O.C18H12IN.C18H13NO/c1-3-12-25(13-4-1)37(33-19-11-21-35-36(33)29-17-8-10-20-34(29)39-35)27-22-23-32-30(24-27)28-16-7-9-18-31(28)38(32)26-14-5-2-6-15-26;19-13-10-11-18-16(12-13)15-8-4-5-9-17(15)20(18)14-6-2-1-3-7-14;1-2-7-13(8-3-1)19-15-10-6-12-17-18(15)14-9-4-5-11-16(14)20-17/h1-24H;1-12H;1-12,19H. The number of benzene rings is 12. The first-order chi connectivity index (χ1) is 39.1. The summed E-state index contributed by atoms with van der Waals surface area (Å²) in [5.74, 6) is 0. The minimum absolute atomic E-state index is 0.886. The average molecular weight is 1130 g/mol. The van der Waals surface area contributed by atoms with Gasteiger partial charge in [0.15, 0.2) is 0 Å². The zero-order valence-corrected chi connectivity index (χ0v) is 44.9. The Labute approximate surface area is 469 Å². The van der Waals surface area contributed by atoms with Gasteiger partial charge in [-0.2, -0.15) is 0 Å². The summed E-state index contributed by atoms with van der Waals surface area (Å²) < 4.78 is 18.1. The Balaban J connectivity index is 0.000000118. The lowest BCUT2D eigenvalue weighted by atomic mass is 10.1. The zero-order chi connectivity index (χ0) is 52.7. The van der Waals surface area contributed by atoms with Gasteiger partial charge in [-0.15, -0.1) is 0 Å². The maximum atomic E-state index is 6.27. The monoisotopic (exact) mass is 1130 g/mol. The van der Waals surface area contributed by atoms with Gasteiger partial charge in [0.25, 0.3) is 0 Å². The van der Waals surface area contributed by atoms with Crippen LogP contribution in [-0.2, 0) is 0 Å². The highest BCUT2D eigenvalue weighted by molar-refractivity contribution is 14.1. The fourth-order valence-electron chi connectivity index (χ4n) is 11.3. The molecule has 0 spiro atoms. The van der Waals surface area contributed by atoms with Crippen molar-refractivity contribution in [3.05, 3.63) is 295 Å². The largest absolute Gasteiger partial charge is 0.456 e. The first-order valence-corrected chi connectivity index (χ1v) is 27.5. The van der Waals surface area contributed by atoms with Crippen LogP contribution in [0.3, 0.4) is 0 Å². The number of para-hydroxylation sites is 8. The smallest absolute Gasteiger partial charge is 0.137 e. The van der Waals surface area contributed by atoms with Gasteiger partial charge in [0, 0.05) is 64.3 Å². The topological polar surface area (TPSA) is 51.4 Å². The molecule has 0 unspecified atom stereocenters. The Kier molecular flexibility index (Phi) is 12.4. The lowest BCUT2D eigenvalue weighted by molar-refractivity contribution is 0.668. The van der Waals surface area contributed by atoms with Gasteiger partial charge in [-0.05, 0) is 156 Å². The van der Waals surface area contributed by atoms with Crippen LogP contribution in [-0.4, -0.2) is 9.13 Å². The molecular formula is C72H49IN4O2. The highest BCUT2D eigenvalue weighted by Crippen LogP contribution is 2.45. The molecule has 12 aromatic carbocycles. The van der Waals surface area contributed by atoms with E-state index in [1.807, 2.05) is 60.7 Å². The molecule has 16 rings (SSSR count). The van der Waals surface area contributed by atoms with Gasteiger partial charge < -0.3 is 28.2 Å². The van der Waals surface area contributed by atoms with Crippen molar-refractivity contribution in [2.45, 2.75) is 0 Å². The second kappa shape index (κ2) is 20.6. The maximum absolute atomic E-state index is 6.27. The van der Waals surface area contributed by atoms with Crippen molar-refractivity contribution in [1.82, 2.24) is 9.13 Å². The van der Waals surface area contributed by atoms with Gasteiger partial charge in [-0.25, -0.2) is 0 Å². The van der Waals surface area contributed by atoms with Crippen LogP contribution in [0.25, 0.3) is 98.9 Å². The van der Waals surface area contributed by atoms with Crippen LogP contribution in [0.15, 0.2) is 300 Å². The lowest BCUT2D eigenvalue weighted by Crippen LogP contribution is -2.10. The molecule has 0 bridgehead atoms. The first kappa shape index (κ1) is 47.6. The number of hydrogen-bond acceptors (Lipinski definition) is 4. The number of anilines is 5. The summed E-state index contributed by atoms with van der Waals surface area (Å²) in [6.45, 7) is 0. The molecule has 16 aromatic rings. The van der Waals surface area contributed by atoms with Crippen molar-refractivity contribution in [2.24, 2.45) is 0 Å². The third-order valence-corrected chi connectivity index (χ3v) is 15.3. The van der Waals surface area contributed by atoms with Crippen molar-refractivity contribution in [1.29, 1.82) is 0 Å². The Hall–Kier alpha value is -9.83. The molecule has 4 heterocycles. The van der Waals surface area contributed by atoms with Gasteiger partial charge in [-0.3, -0.25) is 0 Å². The minimum Gasteiger partial charge on any atom is -0.456 e. The van der Waals surface area contributed by atoms with E-state index in [0.717, 1.165) is 78.0 Å². The van der Waals surface area contributed by atoms with Crippen molar-refractivity contribution >= 4 is 139 Å². The van der Waals surface area contributed by atoms with E-state index in [0.29, 0.717) is 0 Å². The predicted molar refractivity (Wildman–Crippen MR) is 340 cm³/mol. The van der Waals surface area contributed by atoms with E-state index in [9.17, 15) is 0 Å². The molecule has 1 N–H and O–H groups in total. The molecule has 0 aliphatic heterocycles. The van der Waals surface area contributed by atoms with E-state index >= 15 is 0 Å². The number of aromatic nitrogens is 2. The molecule has 0 amide bonds. The van der Waals surface area contributed by atoms with Gasteiger partial charge in [0.2, 0.25) is 0 Å². The summed E-state index contributed by atoms with van der Waals surface area (Å²) >= 11 is 2.38. The molecule has 0 fully saturated rings. The van der Waals surface area contributed by atoms with Gasteiger partial charge >= 0.3 is 0 Å². The summed E-state index contributed by atoms with van der Waals surface area (Å²) in [5, 5.41) is 13.0. The first-order valence-electron chi connectivity index (χ1n) is 26.4. The number of hydrogen-bond donors (Lipinski definition) is 1. The van der Waals surface area contributed by atoms with Crippen LogP contribution in [0, 0.1) is 3.57 Å². The van der Waals surface area contributed by atoms with E-state index in [2.05, 4.69) is 272 Å². The summed E-state index contributed by atoms with van der Waals surface area (Å²) in [5.41, 5.74) is 16.3. The van der Waals surface area contributed by atoms with Crippen molar-refractivity contribution in [3.63, 3.8) is 0 Å². The molecule has 7 heteroatoms. The van der Waals surface area contributed by atoms with Crippen LogP contribution in [0.1, 0.15) is 0 Å². The summed E-state index contributed by atoms with van der Waals surface area (Å²) in [6.07, 6.45) is 0. The maximum Gasteiger partial charge on any atom is 0.137 e. The van der Waals surface area contributed by atoms with Crippen molar-refractivity contribution < 1.29 is 8.83 Å². The Morgan fingerprint density at radius 3 is 1.37 bits per heavy atom. The fourth-order valence-corrected chi connectivity index (χ4v) is 11.7. The number of fused-ring (bicyclic) bond motifs is 12. The molecule has 0 saturated carbocycles. The number of halogens is 1. The SMILES string of the molecule is Ic1ccc2c(c1)c1ccccc1n2-c1ccccc1.c1ccc(N(c2ccc3c(c2)c2ccccc2n3-c2ccccc2)c2cccc3oc4ccccc4c23)cc1.c1ccc(Nc2cccc3oc4ccccc4c23)cc1. The molecule has 6 nitrogen and oxygen atoms in total. The number of furan rings is 2. The van der Waals surface area contributed by atoms with E-state index in [-0.39, 0.29) is 0 Å². The van der Waals surface area contributed by atoms with Crippen LogP contribution in [0.5, 0.6) is 0 Å².